The Kier molecular flexibility index (Phi) is 2.72. The van der Waals surface area contributed by atoms with E-state index in [0.717, 1.165) is 4.31 Å². The van der Waals surface area contributed by atoms with Crippen molar-refractivity contribution < 1.29 is 17.9 Å². The minimum absolute atomic E-state index is 0.0864. The molecule has 0 atom stereocenters. The van der Waals surface area contributed by atoms with E-state index in [9.17, 15) is 13.2 Å². The average molecular weight is 290 g/mol. The zero-order valence-electron chi connectivity index (χ0n) is 10.5. The van der Waals surface area contributed by atoms with Crippen molar-refractivity contribution in [2.45, 2.75) is 5.03 Å². The fourth-order valence-corrected chi connectivity index (χ4v) is 3.55. The van der Waals surface area contributed by atoms with Gasteiger partial charge >= 0.3 is 0 Å². The van der Waals surface area contributed by atoms with Gasteiger partial charge < -0.3 is 4.74 Å². The lowest BCUT2D eigenvalue weighted by Crippen LogP contribution is -2.29. The lowest BCUT2D eigenvalue weighted by atomic mass is 10.2. The maximum absolute atomic E-state index is 12.4. The maximum atomic E-state index is 12.4. The molecule has 2 aromatic rings. The number of anilines is 1. The predicted molar refractivity (Wildman–Crippen MR) is 71.2 cm³/mol. The van der Waals surface area contributed by atoms with Gasteiger partial charge in [-0.25, -0.2) is 4.98 Å². The quantitative estimate of drug-likeness (QED) is 0.836. The van der Waals surface area contributed by atoms with Gasteiger partial charge in [-0.2, -0.15) is 12.7 Å². The number of carbonyl (C=O) groups is 1. The van der Waals surface area contributed by atoms with Gasteiger partial charge in [0.05, 0.1) is 18.4 Å². The third kappa shape index (κ3) is 1.67. The maximum Gasteiger partial charge on any atom is 0.289 e. The van der Waals surface area contributed by atoms with E-state index >= 15 is 0 Å². The van der Waals surface area contributed by atoms with E-state index < -0.39 is 15.9 Å². The molecular weight excluding hydrogens is 280 g/mol. The Balaban J connectivity index is 2.14. The highest BCUT2D eigenvalue weighted by atomic mass is 32.2. The lowest BCUT2D eigenvalue weighted by Gasteiger charge is -2.14. The van der Waals surface area contributed by atoms with Crippen molar-refractivity contribution in [2.24, 2.45) is 0 Å². The minimum atomic E-state index is -3.94. The summed E-state index contributed by atoms with van der Waals surface area (Å²) in [6.45, 7) is 0. The molecule has 1 aromatic carbocycles. The van der Waals surface area contributed by atoms with Crippen LogP contribution in [-0.2, 0) is 10.0 Å². The van der Waals surface area contributed by atoms with Crippen LogP contribution in [0.15, 0.2) is 47.6 Å². The summed E-state index contributed by atoms with van der Waals surface area (Å²) in [4.78, 5) is 16.0. The van der Waals surface area contributed by atoms with Gasteiger partial charge in [0.1, 0.15) is 5.75 Å². The molecule has 20 heavy (non-hydrogen) atoms. The summed E-state index contributed by atoms with van der Waals surface area (Å²) in [5.74, 6) is -0.0216. The Hall–Kier alpha value is -2.41. The summed E-state index contributed by atoms with van der Waals surface area (Å²) in [5, 5.41) is -0.208. The molecule has 3 rings (SSSR count). The first kappa shape index (κ1) is 12.6. The molecule has 0 aliphatic carbocycles. The normalized spacial score (nSPS) is 16.1. The highest BCUT2D eigenvalue weighted by Crippen LogP contribution is 2.33. The number of rotatable bonds is 2. The van der Waals surface area contributed by atoms with E-state index in [1.807, 2.05) is 0 Å². The van der Waals surface area contributed by atoms with E-state index in [-0.39, 0.29) is 16.3 Å². The van der Waals surface area contributed by atoms with Gasteiger partial charge in [0, 0.05) is 6.20 Å². The first-order valence-electron chi connectivity index (χ1n) is 5.74. The standard InChI is InChI=1S/C13H10N2O4S/c1-19-10-6-4-9(5-7-10)15-13(16)11-3-2-8-14-12(11)20(15,17)18/h2-8H,1H3. The number of benzene rings is 1. The minimum Gasteiger partial charge on any atom is -0.497 e. The van der Waals surface area contributed by atoms with Crippen LogP contribution in [0.5, 0.6) is 5.75 Å². The zero-order chi connectivity index (χ0) is 14.3. The molecule has 0 unspecified atom stereocenters. The van der Waals surface area contributed by atoms with Gasteiger partial charge in [-0.1, -0.05) is 0 Å². The van der Waals surface area contributed by atoms with Crippen LogP contribution >= 0.6 is 0 Å². The van der Waals surface area contributed by atoms with Gasteiger partial charge in [-0.05, 0) is 36.4 Å². The van der Waals surface area contributed by atoms with Crippen molar-refractivity contribution in [3.63, 3.8) is 0 Å². The van der Waals surface area contributed by atoms with Gasteiger partial charge in [0.25, 0.3) is 15.9 Å². The monoisotopic (exact) mass is 290 g/mol. The second-order valence-electron chi connectivity index (χ2n) is 4.13. The molecular formula is C13H10N2O4S. The Morgan fingerprint density at radius 2 is 1.85 bits per heavy atom. The SMILES string of the molecule is COc1ccc(N2C(=O)c3cccnc3S2(=O)=O)cc1. The van der Waals surface area contributed by atoms with Gasteiger partial charge in [0.15, 0.2) is 5.03 Å². The molecule has 0 fully saturated rings. The van der Waals surface area contributed by atoms with E-state index in [1.165, 1.54) is 37.6 Å². The smallest absolute Gasteiger partial charge is 0.289 e. The molecule has 7 heteroatoms. The van der Waals surface area contributed by atoms with Crippen LogP contribution in [0.4, 0.5) is 5.69 Å². The van der Waals surface area contributed by atoms with Gasteiger partial charge in [-0.15, -0.1) is 0 Å². The number of amides is 1. The third-order valence-corrected chi connectivity index (χ3v) is 4.65. The van der Waals surface area contributed by atoms with E-state index in [4.69, 9.17) is 4.74 Å². The van der Waals surface area contributed by atoms with Crippen molar-refractivity contribution in [3.05, 3.63) is 48.2 Å². The molecule has 0 bridgehead atoms. The lowest BCUT2D eigenvalue weighted by molar-refractivity contribution is 0.101. The number of pyridine rings is 1. The van der Waals surface area contributed by atoms with Crippen LogP contribution in [0.2, 0.25) is 0 Å². The number of hydrogen-bond acceptors (Lipinski definition) is 5. The van der Waals surface area contributed by atoms with Crippen LogP contribution in [-0.4, -0.2) is 26.4 Å². The fraction of sp³-hybridized carbons (Fsp3) is 0.0769. The fourth-order valence-electron chi connectivity index (χ4n) is 2.04. The summed E-state index contributed by atoms with van der Waals surface area (Å²) in [7, 11) is -2.43. The molecule has 0 spiro atoms. The molecule has 102 valence electrons. The highest BCUT2D eigenvalue weighted by molar-refractivity contribution is 7.94. The summed E-state index contributed by atoms with van der Waals surface area (Å²) in [6.07, 6.45) is 1.35. The Bertz CT molecular complexity index is 784. The Morgan fingerprint density at radius 3 is 2.45 bits per heavy atom. The van der Waals surface area contributed by atoms with E-state index in [1.54, 1.807) is 12.1 Å². The number of ether oxygens (including phenoxy) is 1. The van der Waals surface area contributed by atoms with Crippen LogP contribution < -0.4 is 9.04 Å². The number of aromatic nitrogens is 1. The largest absolute Gasteiger partial charge is 0.497 e. The average Bonchev–Trinajstić information content (AvgIpc) is 2.67. The van der Waals surface area contributed by atoms with Crippen molar-refractivity contribution in [1.82, 2.24) is 4.98 Å². The molecule has 0 N–H and O–H groups in total. The Labute approximate surface area is 115 Å². The molecule has 2 heterocycles. The first-order valence-corrected chi connectivity index (χ1v) is 7.18. The molecule has 0 saturated heterocycles. The number of methoxy groups -OCH3 is 1. The van der Waals surface area contributed by atoms with Crippen molar-refractivity contribution in [1.29, 1.82) is 0 Å². The number of hydrogen-bond donors (Lipinski definition) is 0. The number of sulfonamides is 1. The van der Waals surface area contributed by atoms with Gasteiger partial charge in [-0.3, -0.25) is 4.79 Å². The van der Waals surface area contributed by atoms with Crippen LogP contribution in [0, 0.1) is 0 Å². The second-order valence-corrected chi connectivity index (χ2v) is 5.83. The molecule has 0 radical (unpaired) electrons. The first-order chi connectivity index (χ1) is 9.55. The van der Waals surface area contributed by atoms with Crippen LogP contribution in [0.25, 0.3) is 0 Å². The molecule has 1 aliphatic heterocycles. The van der Waals surface area contributed by atoms with Crippen LogP contribution in [0.1, 0.15) is 10.4 Å². The molecule has 0 saturated carbocycles. The molecule has 1 aromatic heterocycles. The third-order valence-electron chi connectivity index (χ3n) is 2.98. The van der Waals surface area contributed by atoms with E-state index in [2.05, 4.69) is 4.98 Å². The molecule has 1 amide bonds. The number of nitrogens with zero attached hydrogens (tertiary/aromatic N) is 2. The molecule has 1 aliphatic rings. The summed E-state index contributed by atoms with van der Waals surface area (Å²) < 4.78 is 30.5. The van der Waals surface area contributed by atoms with Crippen LogP contribution in [0.3, 0.4) is 0 Å². The second kappa shape index (κ2) is 4.31. The summed E-state index contributed by atoms with van der Waals surface area (Å²) in [5.41, 5.74) is 0.345. The van der Waals surface area contributed by atoms with Gasteiger partial charge in [0.2, 0.25) is 0 Å². The summed E-state index contributed by atoms with van der Waals surface area (Å²) in [6, 6.07) is 9.19. The topological polar surface area (TPSA) is 76.6 Å². The number of carbonyl (C=O) groups excluding carboxylic acids is 1. The molecule has 6 nitrogen and oxygen atoms in total. The van der Waals surface area contributed by atoms with Crippen molar-refractivity contribution in [3.8, 4) is 5.75 Å². The zero-order valence-corrected chi connectivity index (χ0v) is 11.3. The highest BCUT2D eigenvalue weighted by Gasteiger charge is 2.43. The predicted octanol–water partition coefficient (Wildman–Crippen LogP) is 1.44. The van der Waals surface area contributed by atoms with E-state index in [0.29, 0.717) is 5.75 Å². The van der Waals surface area contributed by atoms with Crippen molar-refractivity contribution in [2.75, 3.05) is 11.4 Å². The Morgan fingerprint density at radius 1 is 1.15 bits per heavy atom. The summed E-state index contributed by atoms with van der Waals surface area (Å²) >= 11 is 0. The van der Waals surface area contributed by atoms with Crippen molar-refractivity contribution >= 4 is 21.6 Å². The number of fused-ring (bicyclic) bond motifs is 1.